The maximum Gasteiger partial charge on any atom is 0.181 e. The Balaban J connectivity index is 2.55. The van der Waals surface area contributed by atoms with E-state index in [2.05, 4.69) is 20.8 Å². The van der Waals surface area contributed by atoms with Crippen molar-refractivity contribution < 1.29 is 4.39 Å². The Labute approximate surface area is 110 Å². The topological polar surface area (TPSA) is 17.1 Å². The lowest BCUT2D eigenvalue weighted by Gasteiger charge is -2.18. The summed E-state index contributed by atoms with van der Waals surface area (Å²) in [6.07, 6.45) is 0. The van der Waals surface area contributed by atoms with Gasteiger partial charge in [0.05, 0.1) is 0 Å². The van der Waals surface area contributed by atoms with Crippen molar-refractivity contribution in [2.45, 2.75) is 26.2 Å². The third-order valence-corrected chi connectivity index (χ3v) is 4.16. The van der Waals surface area contributed by atoms with Crippen molar-refractivity contribution in [3.63, 3.8) is 0 Å². The smallest absolute Gasteiger partial charge is 0.181 e. The minimum absolute atomic E-state index is 0.00185. The lowest BCUT2D eigenvalue weighted by Crippen LogP contribution is -2.13. The molecule has 0 radical (unpaired) electrons. The second-order valence-corrected chi connectivity index (χ2v) is 6.36. The second-order valence-electron chi connectivity index (χ2n) is 5.28. The summed E-state index contributed by atoms with van der Waals surface area (Å²) in [6, 6.07) is 9.51. The molecule has 94 valence electrons. The number of halogens is 1. The molecular formula is C15H15FOS. The molecule has 2 rings (SSSR count). The minimum Gasteiger partial charge on any atom is -0.290 e. The van der Waals surface area contributed by atoms with E-state index >= 15 is 0 Å². The first-order chi connectivity index (χ1) is 8.36. The van der Waals surface area contributed by atoms with Gasteiger partial charge >= 0.3 is 0 Å². The SMILES string of the molecule is CC(C)(C)c1cc(=O)cc(-c2ccc(F)cc2)s1. The van der Waals surface area contributed by atoms with Crippen molar-refractivity contribution in [1.82, 2.24) is 0 Å². The monoisotopic (exact) mass is 262 g/mol. The fourth-order valence-corrected chi connectivity index (χ4v) is 2.75. The Morgan fingerprint density at radius 1 is 1.06 bits per heavy atom. The first kappa shape index (κ1) is 13.0. The molecule has 0 aliphatic heterocycles. The van der Waals surface area contributed by atoms with E-state index in [1.807, 2.05) is 0 Å². The molecule has 18 heavy (non-hydrogen) atoms. The molecule has 1 heterocycles. The summed E-state index contributed by atoms with van der Waals surface area (Å²) in [7, 11) is 0. The molecule has 0 spiro atoms. The van der Waals surface area contributed by atoms with Crippen molar-refractivity contribution in [2.75, 3.05) is 0 Å². The van der Waals surface area contributed by atoms with Crippen LogP contribution in [0, 0.1) is 5.82 Å². The molecule has 0 amide bonds. The molecule has 0 bridgehead atoms. The lowest BCUT2D eigenvalue weighted by atomic mass is 9.95. The van der Waals surface area contributed by atoms with Crippen LogP contribution in [0.5, 0.6) is 0 Å². The van der Waals surface area contributed by atoms with Crippen LogP contribution < -0.4 is 5.43 Å². The molecule has 2 aromatic rings. The van der Waals surface area contributed by atoms with Crippen molar-refractivity contribution >= 4 is 11.3 Å². The highest BCUT2D eigenvalue weighted by Gasteiger charge is 2.16. The standard InChI is InChI=1S/C15H15FOS/c1-15(2,3)14-9-12(17)8-13(18-14)10-4-6-11(16)7-5-10/h4-9H,1-3H3. The Morgan fingerprint density at radius 3 is 2.22 bits per heavy atom. The van der Waals surface area contributed by atoms with E-state index in [4.69, 9.17) is 0 Å². The Morgan fingerprint density at radius 2 is 1.67 bits per heavy atom. The fraction of sp³-hybridized carbons (Fsp3) is 0.267. The molecule has 1 aromatic heterocycles. The van der Waals surface area contributed by atoms with Gasteiger partial charge in [-0.2, -0.15) is 0 Å². The van der Waals surface area contributed by atoms with Crippen molar-refractivity contribution in [3.05, 3.63) is 57.3 Å². The predicted octanol–water partition coefficient (Wildman–Crippen LogP) is 4.21. The van der Waals surface area contributed by atoms with Crippen LogP contribution >= 0.6 is 11.3 Å². The maximum atomic E-state index is 12.9. The molecule has 0 aliphatic rings. The van der Waals surface area contributed by atoms with Gasteiger partial charge in [-0.3, -0.25) is 4.79 Å². The molecule has 0 fully saturated rings. The van der Waals surface area contributed by atoms with Crippen LogP contribution in [0.4, 0.5) is 4.39 Å². The van der Waals surface area contributed by atoms with Gasteiger partial charge in [-0.25, -0.2) is 4.39 Å². The van der Waals surface area contributed by atoms with Crippen LogP contribution in [0.25, 0.3) is 10.4 Å². The largest absolute Gasteiger partial charge is 0.290 e. The quantitative estimate of drug-likeness (QED) is 0.752. The van der Waals surface area contributed by atoms with Gasteiger partial charge < -0.3 is 0 Å². The molecule has 0 saturated heterocycles. The Bertz CT molecular complexity index is 606. The Hall–Kier alpha value is -1.48. The number of hydrogen-bond acceptors (Lipinski definition) is 2. The molecule has 0 atom stereocenters. The normalized spacial score (nSPS) is 11.6. The summed E-state index contributed by atoms with van der Waals surface area (Å²) in [6.45, 7) is 6.23. The Kier molecular flexibility index (Phi) is 3.35. The number of hydrogen-bond donors (Lipinski definition) is 0. The maximum absolute atomic E-state index is 12.9. The van der Waals surface area contributed by atoms with E-state index in [0.717, 1.165) is 15.3 Å². The molecule has 0 saturated carbocycles. The molecule has 0 aliphatic carbocycles. The van der Waals surface area contributed by atoms with Gasteiger partial charge in [-0.05, 0) is 29.2 Å². The van der Waals surface area contributed by atoms with Crippen LogP contribution in [0.2, 0.25) is 0 Å². The first-order valence-corrected chi connectivity index (χ1v) is 6.59. The second kappa shape index (κ2) is 4.65. The zero-order valence-corrected chi connectivity index (χ0v) is 11.5. The highest BCUT2D eigenvalue weighted by molar-refractivity contribution is 7.15. The minimum atomic E-state index is -0.266. The van der Waals surface area contributed by atoms with Crippen LogP contribution in [-0.4, -0.2) is 0 Å². The van der Waals surface area contributed by atoms with Gasteiger partial charge in [0.25, 0.3) is 0 Å². The summed E-state index contributed by atoms with van der Waals surface area (Å²) >= 11 is 1.58. The van der Waals surface area contributed by atoms with Crippen LogP contribution in [0.1, 0.15) is 25.6 Å². The third-order valence-electron chi connectivity index (χ3n) is 2.63. The summed E-state index contributed by atoms with van der Waals surface area (Å²) in [5.41, 5.74) is 0.822. The van der Waals surface area contributed by atoms with Crippen molar-refractivity contribution in [1.29, 1.82) is 0 Å². The van der Waals surface area contributed by atoms with Gasteiger partial charge in [-0.1, -0.05) is 32.9 Å². The molecular weight excluding hydrogens is 247 g/mol. The van der Waals surface area contributed by atoms with E-state index in [-0.39, 0.29) is 16.7 Å². The molecule has 3 heteroatoms. The predicted molar refractivity (Wildman–Crippen MR) is 74.7 cm³/mol. The highest BCUT2D eigenvalue weighted by atomic mass is 32.1. The summed E-state index contributed by atoms with van der Waals surface area (Å²) in [5.74, 6) is -0.266. The number of benzene rings is 1. The highest BCUT2D eigenvalue weighted by Crippen LogP contribution is 2.31. The van der Waals surface area contributed by atoms with E-state index < -0.39 is 0 Å². The van der Waals surface area contributed by atoms with Gasteiger partial charge in [-0.15, -0.1) is 11.3 Å². The molecule has 1 aromatic carbocycles. The lowest BCUT2D eigenvalue weighted by molar-refractivity contribution is 0.603. The summed E-state index contributed by atoms with van der Waals surface area (Å²) < 4.78 is 12.9. The molecule has 0 unspecified atom stereocenters. The van der Waals surface area contributed by atoms with Crippen LogP contribution in [0.15, 0.2) is 41.2 Å². The summed E-state index contributed by atoms with van der Waals surface area (Å²) in [5, 5.41) is 0. The van der Waals surface area contributed by atoms with Crippen molar-refractivity contribution in [3.8, 4) is 10.4 Å². The molecule has 1 nitrogen and oxygen atoms in total. The molecule has 0 N–H and O–H groups in total. The zero-order chi connectivity index (χ0) is 13.3. The van der Waals surface area contributed by atoms with E-state index in [1.165, 1.54) is 12.1 Å². The third kappa shape index (κ3) is 2.85. The van der Waals surface area contributed by atoms with Crippen LogP contribution in [0.3, 0.4) is 0 Å². The first-order valence-electron chi connectivity index (χ1n) is 5.78. The van der Waals surface area contributed by atoms with Crippen LogP contribution in [-0.2, 0) is 5.41 Å². The fourth-order valence-electron chi connectivity index (χ4n) is 1.60. The van der Waals surface area contributed by atoms with Crippen molar-refractivity contribution in [2.24, 2.45) is 0 Å². The van der Waals surface area contributed by atoms with Gasteiger partial charge in [0.2, 0.25) is 0 Å². The zero-order valence-electron chi connectivity index (χ0n) is 10.7. The average molecular weight is 262 g/mol. The van der Waals surface area contributed by atoms with E-state index in [0.29, 0.717) is 0 Å². The van der Waals surface area contributed by atoms with E-state index in [9.17, 15) is 9.18 Å². The van der Waals surface area contributed by atoms with E-state index in [1.54, 1.807) is 35.6 Å². The summed E-state index contributed by atoms with van der Waals surface area (Å²) in [4.78, 5) is 13.6. The van der Waals surface area contributed by atoms with Gasteiger partial charge in [0, 0.05) is 15.8 Å². The van der Waals surface area contributed by atoms with Gasteiger partial charge in [0.15, 0.2) is 5.43 Å². The van der Waals surface area contributed by atoms with Gasteiger partial charge in [0.1, 0.15) is 5.82 Å². The number of rotatable bonds is 1. The average Bonchev–Trinajstić information content (AvgIpc) is 2.28.